The third kappa shape index (κ3) is 6.77. The fourth-order valence-electron chi connectivity index (χ4n) is 4.45. The molecule has 202 valence electrons. The molecule has 2 N–H and O–H groups in total. The highest BCUT2D eigenvalue weighted by atomic mass is 32.2. The summed E-state index contributed by atoms with van der Waals surface area (Å²) in [6.45, 7) is 0.240. The van der Waals surface area contributed by atoms with Crippen LogP contribution in [0.15, 0.2) is 47.6 Å². The van der Waals surface area contributed by atoms with Gasteiger partial charge in [-0.3, -0.25) is 9.59 Å². The van der Waals surface area contributed by atoms with E-state index in [0.29, 0.717) is 39.5 Å². The predicted molar refractivity (Wildman–Crippen MR) is 145 cm³/mol. The Morgan fingerprint density at radius 2 is 1.66 bits per heavy atom. The average Bonchev–Trinajstić information content (AvgIpc) is 3.38. The topological polar surface area (TPSA) is 117 Å². The molecule has 11 heteroatoms. The van der Waals surface area contributed by atoms with E-state index in [9.17, 15) is 9.59 Å². The highest BCUT2D eigenvalue weighted by Gasteiger charge is 2.24. The van der Waals surface area contributed by atoms with Gasteiger partial charge in [0.15, 0.2) is 11.0 Å². The van der Waals surface area contributed by atoms with E-state index in [2.05, 4.69) is 25.4 Å². The molecular formula is C27H33N5O5S. The number of methoxy groups -OCH3 is 3. The fourth-order valence-corrected chi connectivity index (χ4v) is 5.28. The minimum absolute atomic E-state index is 0.151. The molecule has 3 aromatic rings. The lowest BCUT2D eigenvalue weighted by atomic mass is 9.95. The van der Waals surface area contributed by atoms with E-state index in [1.807, 2.05) is 0 Å². The number of anilines is 1. The molecule has 4 rings (SSSR count). The Kier molecular flexibility index (Phi) is 9.47. The Hall–Kier alpha value is -3.73. The smallest absolute Gasteiger partial charge is 0.251 e. The highest BCUT2D eigenvalue weighted by molar-refractivity contribution is 7.99. The molecule has 0 radical (unpaired) electrons. The summed E-state index contributed by atoms with van der Waals surface area (Å²) in [4.78, 5) is 25.5. The Labute approximate surface area is 226 Å². The zero-order valence-corrected chi connectivity index (χ0v) is 22.7. The maximum absolute atomic E-state index is 12.8. The van der Waals surface area contributed by atoms with E-state index in [1.54, 1.807) is 63.8 Å². The Bertz CT molecular complexity index is 1240. The standard InChI is InChI=1S/C27H33N5O5S/c1-35-20-11-9-18(10-12-20)26(34)28-16-24-30-31-27(32(24)19-7-5-4-6-8-19)38-17-25(33)29-22-14-13-21(36-2)15-23(22)37-3/h9-15,19H,4-8,16-17H2,1-3H3,(H,28,34)(H,29,33). The number of thioether (sulfide) groups is 1. The minimum Gasteiger partial charge on any atom is -0.497 e. The molecule has 0 bridgehead atoms. The number of ether oxygens (including phenoxy) is 3. The lowest BCUT2D eigenvalue weighted by molar-refractivity contribution is -0.113. The Morgan fingerprint density at radius 3 is 2.34 bits per heavy atom. The van der Waals surface area contributed by atoms with Crippen molar-refractivity contribution in [1.29, 1.82) is 0 Å². The molecule has 1 fully saturated rings. The van der Waals surface area contributed by atoms with Crippen LogP contribution in [-0.2, 0) is 11.3 Å². The summed E-state index contributed by atoms with van der Waals surface area (Å²) in [5, 5.41) is 15.3. The van der Waals surface area contributed by atoms with E-state index >= 15 is 0 Å². The van der Waals surface area contributed by atoms with Gasteiger partial charge in [0.1, 0.15) is 17.2 Å². The van der Waals surface area contributed by atoms with E-state index in [0.717, 1.165) is 25.7 Å². The Balaban J connectivity index is 1.43. The van der Waals surface area contributed by atoms with Crippen molar-refractivity contribution in [1.82, 2.24) is 20.1 Å². The first-order chi connectivity index (χ1) is 18.5. The summed E-state index contributed by atoms with van der Waals surface area (Å²) in [6.07, 6.45) is 5.49. The van der Waals surface area contributed by atoms with Crippen LogP contribution in [0, 0.1) is 0 Å². The first kappa shape index (κ1) is 27.3. The maximum atomic E-state index is 12.8. The van der Waals surface area contributed by atoms with E-state index in [1.165, 1.54) is 18.2 Å². The van der Waals surface area contributed by atoms with Gasteiger partial charge in [-0.05, 0) is 49.2 Å². The number of carbonyl (C=O) groups excluding carboxylic acids is 2. The number of nitrogens with zero attached hydrogens (tertiary/aromatic N) is 3. The van der Waals surface area contributed by atoms with Gasteiger partial charge in [0, 0.05) is 17.7 Å². The summed E-state index contributed by atoms with van der Waals surface area (Å²) in [5.41, 5.74) is 1.10. The van der Waals surface area contributed by atoms with Gasteiger partial charge in [0.05, 0.1) is 39.3 Å². The third-order valence-corrected chi connectivity index (χ3v) is 7.39. The number of benzene rings is 2. The Morgan fingerprint density at radius 1 is 0.947 bits per heavy atom. The van der Waals surface area contributed by atoms with E-state index < -0.39 is 0 Å². The molecule has 1 saturated carbocycles. The second-order valence-electron chi connectivity index (χ2n) is 8.87. The van der Waals surface area contributed by atoms with E-state index in [4.69, 9.17) is 14.2 Å². The number of aromatic nitrogens is 3. The van der Waals surface area contributed by atoms with Gasteiger partial charge in [-0.1, -0.05) is 31.0 Å². The SMILES string of the molecule is COc1ccc(C(=O)NCc2nnc(SCC(=O)Nc3ccc(OC)cc3OC)n2C2CCCCC2)cc1. The molecule has 1 heterocycles. The summed E-state index contributed by atoms with van der Waals surface area (Å²) >= 11 is 1.33. The molecule has 0 unspecified atom stereocenters. The van der Waals surface area contributed by atoms with E-state index in [-0.39, 0.29) is 30.2 Å². The lowest BCUT2D eigenvalue weighted by Gasteiger charge is -2.25. The second-order valence-corrected chi connectivity index (χ2v) is 9.82. The van der Waals surface area contributed by atoms with Crippen LogP contribution in [0.2, 0.25) is 0 Å². The summed E-state index contributed by atoms with van der Waals surface area (Å²) < 4.78 is 17.9. The van der Waals surface area contributed by atoms with Gasteiger partial charge in [-0.25, -0.2) is 0 Å². The zero-order valence-electron chi connectivity index (χ0n) is 21.9. The first-order valence-electron chi connectivity index (χ1n) is 12.5. The van der Waals surface area contributed by atoms with Crippen LogP contribution in [0.25, 0.3) is 0 Å². The fraction of sp³-hybridized carbons (Fsp3) is 0.407. The number of nitrogens with one attached hydrogen (secondary N) is 2. The number of hydrogen-bond acceptors (Lipinski definition) is 8. The number of carbonyl (C=O) groups is 2. The maximum Gasteiger partial charge on any atom is 0.251 e. The van der Waals surface area contributed by atoms with Crippen LogP contribution in [0.4, 0.5) is 5.69 Å². The van der Waals surface area contributed by atoms with Crippen molar-refractivity contribution in [3.63, 3.8) is 0 Å². The van der Waals surface area contributed by atoms with Crippen molar-refractivity contribution in [2.45, 2.75) is 49.8 Å². The molecule has 38 heavy (non-hydrogen) atoms. The normalized spacial score (nSPS) is 13.6. The van der Waals surface area contributed by atoms with Crippen molar-refractivity contribution in [3.8, 4) is 17.2 Å². The molecule has 1 aliphatic carbocycles. The summed E-state index contributed by atoms with van der Waals surface area (Å²) in [6, 6.07) is 12.4. The molecule has 0 saturated heterocycles. The molecular weight excluding hydrogens is 506 g/mol. The molecule has 1 aromatic heterocycles. The van der Waals surface area contributed by atoms with Gasteiger partial charge < -0.3 is 29.4 Å². The largest absolute Gasteiger partial charge is 0.497 e. The molecule has 0 atom stereocenters. The van der Waals surface area contributed by atoms with Crippen molar-refractivity contribution in [2.75, 3.05) is 32.4 Å². The van der Waals surface area contributed by atoms with Crippen molar-refractivity contribution >= 4 is 29.3 Å². The molecule has 2 aromatic carbocycles. The van der Waals surface area contributed by atoms with Crippen molar-refractivity contribution in [3.05, 3.63) is 53.9 Å². The van der Waals surface area contributed by atoms with Gasteiger partial charge in [0.2, 0.25) is 5.91 Å². The predicted octanol–water partition coefficient (Wildman–Crippen LogP) is 4.47. The van der Waals surface area contributed by atoms with Crippen LogP contribution >= 0.6 is 11.8 Å². The first-order valence-corrected chi connectivity index (χ1v) is 13.5. The second kappa shape index (κ2) is 13.2. The minimum atomic E-state index is -0.201. The average molecular weight is 540 g/mol. The number of amides is 2. The molecule has 2 amide bonds. The van der Waals surface area contributed by atoms with Crippen LogP contribution in [0.3, 0.4) is 0 Å². The van der Waals surface area contributed by atoms with Crippen LogP contribution in [0.1, 0.15) is 54.3 Å². The van der Waals surface area contributed by atoms with Gasteiger partial charge in [0.25, 0.3) is 5.91 Å². The van der Waals surface area contributed by atoms with Crippen molar-refractivity contribution < 1.29 is 23.8 Å². The quantitative estimate of drug-likeness (QED) is 0.343. The van der Waals surface area contributed by atoms with Gasteiger partial charge >= 0.3 is 0 Å². The lowest BCUT2D eigenvalue weighted by Crippen LogP contribution is -2.26. The van der Waals surface area contributed by atoms with Crippen LogP contribution in [0.5, 0.6) is 17.2 Å². The monoisotopic (exact) mass is 539 g/mol. The zero-order chi connectivity index (χ0) is 26.9. The molecule has 1 aliphatic rings. The number of hydrogen-bond donors (Lipinski definition) is 2. The highest BCUT2D eigenvalue weighted by Crippen LogP contribution is 2.33. The number of rotatable bonds is 11. The van der Waals surface area contributed by atoms with Gasteiger partial charge in [-0.2, -0.15) is 0 Å². The molecule has 0 spiro atoms. The molecule has 10 nitrogen and oxygen atoms in total. The summed E-state index contributed by atoms with van der Waals surface area (Å²) in [5.74, 6) is 2.29. The summed E-state index contributed by atoms with van der Waals surface area (Å²) in [7, 11) is 4.70. The van der Waals surface area contributed by atoms with Gasteiger partial charge in [-0.15, -0.1) is 10.2 Å². The van der Waals surface area contributed by atoms with Crippen LogP contribution in [-0.4, -0.2) is 53.7 Å². The van der Waals surface area contributed by atoms with Crippen molar-refractivity contribution in [2.24, 2.45) is 0 Å². The molecule has 0 aliphatic heterocycles. The third-order valence-electron chi connectivity index (χ3n) is 6.45. The van der Waals surface area contributed by atoms with Crippen LogP contribution < -0.4 is 24.8 Å².